The van der Waals surface area contributed by atoms with Crippen LogP contribution in [0, 0.1) is 6.92 Å². The van der Waals surface area contributed by atoms with Crippen molar-refractivity contribution in [2.75, 3.05) is 5.32 Å². The maximum absolute atomic E-state index is 12.4. The van der Waals surface area contributed by atoms with Gasteiger partial charge in [0.25, 0.3) is 5.91 Å². The monoisotopic (exact) mass is 339 g/mol. The molecule has 0 spiro atoms. The van der Waals surface area contributed by atoms with E-state index in [2.05, 4.69) is 15.6 Å². The summed E-state index contributed by atoms with van der Waals surface area (Å²) < 4.78 is 6.01. The van der Waals surface area contributed by atoms with Gasteiger partial charge in [-0.25, -0.2) is 0 Å². The third kappa shape index (κ3) is 3.05. The summed E-state index contributed by atoms with van der Waals surface area (Å²) in [6.07, 6.45) is 2.16. The van der Waals surface area contributed by atoms with Gasteiger partial charge in [-0.05, 0) is 44.0 Å². The molecule has 4 atom stereocenters. The molecule has 1 saturated carbocycles. The summed E-state index contributed by atoms with van der Waals surface area (Å²) in [5, 5.41) is 17.1. The van der Waals surface area contributed by atoms with Gasteiger partial charge in [0.15, 0.2) is 0 Å². The molecule has 3 N–H and O–H groups in total. The van der Waals surface area contributed by atoms with Crippen LogP contribution < -0.4 is 15.4 Å². The highest BCUT2D eigenvalue weighted by atomic mass is 16.5. The summed E-state index contributed by atoms with van der Waals surface area (Å²) in [7, 11) is 0. The normalized spacial score (nSPS) is 27.3. The second-order valence-corrected chi connectivity index (χ2v) is 6.66. The number of aliphatic hydroxyl groups excluding tert-OH is 1. The van der Waals surface area contributed by atoms with E-state index in [1.807, 2.05) is 31.2 Å². The lowest BCUT2D eigenvalue weighted by Crippen LogP contribution is -2.61. The van der Waals surface area contributed by atoms with Gasteiger partial charge in [0.2, 0.25) is 0 Å². The standard InChI is InChI=1S/C19H21N3O3/c1-11-6-7-12(10-20-11)19(24)22-14-8-9-16-17(18(14)23)21-13-4-2-3-5-15(13)25-16/h2-7,10,14,16-18,21,23H,8-9H2,1H3,(H,22,24)/t14-,16-,17-,18-/m1/s1. The lowest BCUT2D eigenvalue weighted by atomic mass is 9.84. The number of hydrogen-bond donors (Lipinski definition) is 3. The van der Waals surface area contributed by atoms with Crippen molar-refractivity contribution in [3.63, 3.8) is 0 Å². The molecular weight excluding hydrogens is 318 g/mol. The molecule has 1 aliphatic carbocycles. The van der Waals surface area contributed by atoms with Gasteiger partial charge in [-0.15, -0.1) is 0 Å². The Morgan fingerprint density at radius 2 is 2.12 bits per heavy atom. The highest BCUT2D eigenvalue weighted by molar-refractivity contribution is 5.94. The number of para-hydroxylation sites is 2. The number of aliphatic hydroxyl groups is 1. The Labute approximate surface area is 146 Å². The second-order valence-electron chi connectivity index (χ2n) is 6.66. The maximum Gasteiger partial charge on any atom is 0.253 e. The molecule has 0 radical (unpaired) electrons. The summed E-state index contributed by atoms with van der Waals surface area (Å²) in [5.74, 6) is 0.594. The number of aromatic nitrogens is 1. The predicted octanol–water partition coefficient (Wildman–Crippen LogP) is 1.88. The Bertz CT molecular complexity index is 778. The molecule has 6 nitrogen and oxygen atoms in total. The van der Waals surface area contributed by atoms with Gasteiger partial charge in [0, 0.05) is 11.9 Å². The van der Waals surface area contributed by atoms with E-state index in [9.17, 15) is 9.90 Å². The van der Waals surface area contributed by atoms with Crippen molar-refractivity contribution < 1.29 is 14.6 Å². The van der Waals surface area contributed by atoms with Gasteiger partial charge in [0.1, 0.15) is 11.9 Å². The van der Waals surface area contributed by atoms with Crippen molar-refractivity contribution in [2.24, 2.45) is 0 Å². The van der Waals surface area contributed by atoms with Gasteiger partial charge in [-0.3, -0.25) is 9.78 Å². The fourth-order valence-electron chi connectivity index (χ4n) is 3.52. The molecule has 6 heteroatoms. The van der Waals surface area contributed by atoms with E-state index in [0.29, 0.717) is 12.0 Å². The van der Waals surface area contributed by atoms with Crippen LogP contribution in [0.3, 0.4) is 0 Å². The van der Waals surface area contributed by atoms with Crippen LogP contribution in [-0.2, 0) is 0 Å². The second kappa shape index (κ2) is 6.37. The third-order valence-electron chi connectivity index (χ3n) is 4.92. The molecular formula is C19H21N3O3. The minimum atomic E-state index is -0.727. The molecule has 2 aliphatic rings. The molecule has 2 heterocycles. The fourth-order valence-corrected chi connectivity index (χ4v) is 3.52. The summed E-state index contributed by atoms with van der Waals surface area (Å²) >= 11 is 0. The average Bonchev–Trinajstić information content (AvgIpc) is 2.63. The molecule has 0 bridgehead atoms. The largest absolute Gasteiger partial charge is 0.486 e. The summed E-state index contributed by atoms with van der Waals surface area (Å²) in [6.45, 7) is 1.87. The van der Waals surface area contributed by atoms with E-state index in [4.69, 9.17) is 4.74 Å². The van der Waals surface area contributed by atoms with Gasteiger partial charge >= 0.3 is 0 Å². The van der Waals surface area contributed by atoms with Crippen molar-refractivity contribution in [2.45, 2.75) is 44.1 Å². The van der Waals surface area contributed by atoms with Crippen molar-refractivity contribution in [1.82, 2.24) is 10.3 Å². The van der Waals surface area contributed by atoms with Gasteiger partial charge in [-0.2, -0.15) is 0 Å². The molecule has 0 unspecified atom stereocenters. The number of aryl methyl sites for hydroxylation is 1. The third-order valence-corrected chi connectivity index (χ3v) is 4.92. The number of pyridine rings is 1. The first-order valence-electron chi connectivity index (χ1n) is 8.55. The zero-order valence-corrected chi connectivity index (χ0v) is 14.0. The molecule has 1 aromatic carbocycles. The quantitative estimate of drug-likeness (QED) is 0.778. The van der Waals surface area contributed by atoms with Crippen LogP contribution in [0.1, 0.15) is 28.9 Å². The number of carbonyl (C=O) groups is 1. The number of carbonyl (C=O) groups excluding carboxylic acids is 1. The Hall–Kier alpha value is -2.60. The Balaban J connectivity index is 1.47. The van der Waals surface area contributed by atoms with Crippen LogP contribution in [0.5, 0.6) is 5.75 Å². The number of amides is 1. The number of ether oxygens (including phenoxy) is 1. The van der Waals surface area contributed by atoms with E-state index in [-0.39, 0.29) is 24.1 Å². The minimum Gasteiger partial charge on any atom is -0.486 e. The maximum atomic E-state index is 12.4. The van der Waals surface area contributed by atoms with Crippen LogP contribution in [0.25, 0.3) is 0 Å². The number of hydrogen-bond acceptors (Lipinski definition) is 5. The molecule has 1 amide bonds. The SMILES string of the molecule is Cc1ccc(C(=O)N[C@@H]2CC[C@H]3Oc4ccccc4N[C@H]3[C@@H]2O)cn1. The number of anilines is 1. The summed E-state index contributed by atoms with van der Waals surface area (Å²) in [5.41, 5.74) is 2.23. The molecule has 2 aromatic rings. The molecule has 1 aliphatic heterocycles. The number of nitrogens with one attached hydrogen (secondary N) is 2. The van der Waals surface area contributed by atoms with E-state index in [1.165, 1.54) is 0 Å². The van der Waals surface area contributed by atoms with Crippen molar-refractivity contribution >= 4 is 11.6 Å². The zero-order valence-electron chi connectivity index (χ0n) is 14.0. The smallest absolute Gasteiger partial charge is 0.253 e. The van der Waals surface area contributed by atoms with Crippen LogP contribution in [0.4, 0.5) is 5.69 Å². The van der Waals surface area contributed by atoms with Crippen molar-refractivity contribution in [1.29, 1.82) is 0 Å². The van der Waals surface area contributed by atoms with E-state index in [1.54, 1.807) is 18.3 Å². The molecule has 4 rings (SSSR count). The Kier molecular flexibility index (Phi) is 4.05. The van der Waals surface area contributed by atoms with Crippen molar-refractivity contribution in [3.8, 4) is 5.75 Å². The molecule has 0 saturated heterocycles. The molecule has 130 valence electrons. The predicted molar refractivity (Wildman–Crippen MR) is 93.7 cm³/mol. The van der Waals surface area contributed by atoms with E-state index >= 15 is 0 Å². The average molecular weight is 339 g/mol. The van der Waals surface area contributed by atoms with Crippen LogP contribution in [-0.4, -0.2) is 40.3 Å². The highest BCUT2D eigenvalue weighted by Gasteiger charge is 2.43. The van der Waals surface area contributed by atoms with E-state index < -0.39 is 6.10 Å². The van der Waals surface area contributed by atoms with Gasteiger partial charge in [0.05, 0.1) is 29.4 Å². The molecule has 25 heavy (non-hydrogen) atoms. The number of benzene rings is 1. The lowest BCUT2D eigenvalue weighted by molar-refractivity contribution is 0.00959. The number of fused-ring (bicyclic) bond motifs is 2. The summed E-state index contributed by atoms with van der Waals surface area (Å²) in [4.78, 5) is 16.6. The zero-order chi connectivity index (χ0) is 17.4. The molecule has 1 aromatic heterocycles. The Morgan fingerprint density at radius 1 is 1.28 bits per heavy atom. The first-order chi connectivity index (χ1) is 12.1. The summed E-state index contributed by atoms with van der Waals surface area (Å²) in [6, 6.07) is 10.7. The number of rotatable bonds is 2. The van der Waals surface area contributed by atoms with Crippen LogP contribution in [0.15, 0.2) is 42.6 Å². The van der Waals surface area contributed by atoms with Gasteiger partial charge < -0.3 is 20.5 Å². The Morgan fingerprint density at radius 3 is 2.92 bits per heavy atom. The van der Waals surface area contributed by atoms with Crippen molar-refractivity contribution in [3.05, 3.63) is 53.9 Å². The van der Waals surface area contributed by atoms with E-state index in [0.717, 1.165) is 23.6 Å². The molecule has 1 fully saturated rings. The minimum absolute atomic E-state index is 0.0981. The topological polar surface area (TPSA) is 83.5 Å². The number of nitrogens with zero attached hydrogens (tertiary/aromatic N) is 1. The first kappa shape index (κ1) is 15.9. The lowest BCUT2D eigenvalue weighted by Gasteiger charge is -2.44. The van der Waals surface area contributed by atoms with Gasteiger partial charge in [-0.1, -0.05) is 12.1 Å². The fraction of sp³-hybridized carbons (Fsp3) is 0.368. The van der Waals surface area contributed by atoms with Crippen LogP contribution >= 0.6 is 0 Å². The first-order valence-corrected chi connectivity index (χ1v) is 8.55. The van der Waals surface area contributed by atoms with Crippen LogP contribution in [0.2, 0.25) is 0 Å². The highest BCUT2D eigenvalue weighted by Crippen LogP contribution is 2.36.